The maximum absolute atomic E-state index is 12.4. The molecule has 0 atom stereocenters. The lowest BCUT2D eigenvalue weighted by atomic mass is 10.1. The average Bonchev–Trinajstić information content (AvgIpc) is 2.78. The minimum Gasteiger partial charge on any atom is -0.487 e. The summed E-state index contributed by atoms with van der Waals surface area (Å²) in [4.78, 5) is 22.6. The lowest BCUT2D eigenvalue weighted by molar-refractivity contribution is -0.384. The Morgan fingerprint density at radius 3 is 2.38 bits per heavy atom. The molecule has 0 aliphatic rings. The fraction of sp³-hybridized carbons (Fsp3) is 0.0435. The molecule has 1 amide bonds. The summed E-state index contributed by atoms with van der Waals surface area (Å²) >= 11 is 12.1. The third kappa shape index (κ3) is 6.08. The molecule has 7 nitrogen and oxygen atoms in total. The summed E-state index contributed by atoms with van der Waals surface area (Å²) in [6.45, 7) is 0.167. The van der Waals surface area contributed by atoms with Gasteiger partial charge in [-0.15, -0.1) is 0 Å². The van der Waals surface area contributed by atoms with E-state index in [1.54, 1.807) is 54.6 Å². The van der Waals surface area contributed by atoms with Crippen LogP contribution in [0.5, 0.6) is 5.75 Å². The van der Waals surface area contributed by atoms with E-state index in [0.29, 0.717) is 22.0 Å². The third-order valence-electron chi connectivity index (χ3n) is 4.28. The number of carbonyl (C=O) groups excluding carboxylic acids is 1. The number of nitrogens with one attached hydrogen (secondary N) is 1. The molecule has 1 N–H and O–H groups in total. The number of hydrogen-bond donors (Lipinski definition) is 1. The van der Waals surface area contributed by atoms with Crippen molar-refractivity contribution in [2.24, 2.45) is 0 Å². The van der Waals surface area contributed by atoms with Crippen molar-refractivity contribution in [3.8, 4) is 11.8 Å². The largest absolute Gasteiger partial charge is 0.487 e. The van der Waals surface area contributed by atoms with Crippen LogP contribution in [0.4, 0.5) is 11.4 Å². The monoisotopic (exact) mass is 467 g/mol. The highest BCUT2D eigenvalue weighted by atomic mass is 35.5. The van der Waals surface area contributed by atoms with Crippen LogP contribution in [-0.2, 0) is 11.4 Å². The number of halogens is 2. The van der Waals surface area contributed by atoms with Crippen molar-refractivity contribution < 1.29 is 14.5 Å². The predicted molar refractivity (Wildman–Crippen MR) is 123 cm³/mol. The molecule has 32 heavy (non-hydrogen) atoms. The fourth-order valence-corrected chi connectivity index (χ4v) is 3.02. The molecule has 0 aliphatic heterocycles. The van der Waals surface area contributed by atoms with Crippen molar-refractivity contribution in [2.75, 3.05) is 5.32 Å². The van der Waals surface area contributed by atoms with Gasteiger partial charge in [0, 0.05) is 22.8 Å². The summed E-state index contributed by atoms with van der Waals surface area (Å²) in [6.07, 6.45) is 1.41. The first-order valence-corrected chi connectivity index (χ1v) is 9.95. The third-order valence-corrected chi connectivity index (χ3v) is 4.82. The first kappa shape index (κ1) is 22.8. The van der Waals surface area contributed by atoms with E-state index >= 15 is 0 Å². The number of ether oxygens (including phenoxy) is 1. The molecule has 0 aromatic heterocycles. The van der Waals surface area contributed by atoms with E-state index in [2.05, 4.69) is 5.32 Å². The van der Waals surface area contributed by atoms with Gasteiger partial charge in [0.25, 0.3) is 11.6 Å². The van der Waals surface area contributed by atoms with Crippen LogP contribution in [0.3, 0.4) is 0 Å². The molecule has 160 valence electrons. The number of amides is 1. The predicted octanol–water partition coefficient (Wildman–Crippen LogP) is 6.03. The quantitative estimate of drug-likeness (QED) is 0.197. The Balaban J connectivity index is 1.67. The summed E-state index contributed by atoms with van der Waals surface area (Å²) in [5.74, 6) is -0.171. The molecule has 0 bridgehead atoms. The molecule has 0 aliphatic carbocycles. The molecule has 9 heteroatoms. The van der Waals surface area contributed by atoms with Crippen molar-refractivity contribution in [1.82, 2.24) is 0 Å². The molecule has 0 unspecified atom stereocenters. The smallest absolute Gasteiger partial charge is 0.269 e. The minimum absolute atomic E-state index is 0.00341. The highest BCUT2D eigenvalue weighted by Crippen LogP contribution is 2.27. The minimum atomic E-state index is -0.565. The van der Waals surface area contributed by atoms with Gasteiger partial charge in [-0.3, -0.25) is 14.9 Å². The number of carbonyl (C=O) groups is 1. The Labute approximate surface area is 193 Å². The van der Waals surface area contributed by atoms with Gasteiger partial charge in [-0.05, 0) is 65.7 Å². The van der Waals surface area contributed by atoms with Crippen molar-refractivity contribution in [3.05, 3.63) is 104 Å². The molecule has 3 aromatic rings. The van der Waals surface area contributed by atoms with Crippen LogP contribution in [0, 0.1) is 21.4 Å². The number of nitrogens with zero attached hydrogens (tertiary/aromatic N) is 2. The molecular formula is C23H15Cl2N3O4. The first-order chi connectivity index (χ1) is 15.4. The van der Waals surface area contributed by atoms with Crippen LogP contribution in [0.2, 0.25) is 10.0 Å². The van der Waals surface area contributed by atoms with Crippen molar-refractivity contribution in [2.45, 2.75) is 6.61 Å². The molecule has 3 rings (SSSR count). The number of hydrogen-bond acceptors (Lipinski definition) is 5. The second kappa shape index (κ2) is 10.4. The van der Waals surface area contributed by atoms with E-state index in [-0.39, 0.29) is 22.9 Å². The molecule has 0 spiro atoms. The van der Waals surface area contributed by atoms with Gasteiger partial charge in [-0.25, -0.2) is 0 Å². The molecular weight excluding hydrogens is 453 g/mol. The van der Waals surface area contributed by atoms with Gasteiger partial charge in [0.05, 0.1) is 9.95 Å². The van der Waals surface area contributed by atoms with Gasteiger partial charge in [0.2, 0.25) is 0 Å². The molecule has 0 heterocycles. The maximum atomic E-state index is 12.4. The van der Waals surface area contributed by atoms with Crippen LogP contribution in [-0.4, -0.2) is 10.8 Å². The fourth-order valence-electron chi connectivity index (χ4n) is 2.65. The Bertz CT molecular complexity index is 1220. The number of nitriles is 1. The van der Waals surface area contributed by atoms with Crippen molar-refractivity contribution in [1.29, 1.82) is 5.26 Å². The number of nitro groups is 1. The molecule has 0 radical (unpaired) electrons. The Morgan fingerprint density at radius 2 is 1.78 bits per heavy atom. The van der Waals surface area contributed by atoms with Crippen LogP contribution in [0.15, 0.2) is 72.3 Å². The Hall–Kier alpha value is -3.86. The second-order valence-corrected chi connectivity index (χ2v) is 7.38. The summed E-state index contributed by atoms with van der Waals surface area (Å²) < 4.78 is 5.67. The van der Waals surface area contributed by atoms with Crippen LogP contribution in [0.25, 0.3) is 6.08 Å². The normalized spacial score (nSPS) is 10.8. The Morgan fingerprint density at radius 1 is 1.09 bits per heavy atom. The molecule has 0 saturated heterocycles. The lowest BCUT2D eigenvalue weighted by Crippen LogP contribution is -2.13. The van der Waals surface area contributed by atoms with Crippen LogP contribution < -0.4 is 10.1 Å². The maximum Gasteiger partial charge on any atom is 0.269 e. The zero-order chi connectivity index (χ0) is 23.1. The van der Waals surface area contributed by atoms with E-state index in [0.717, 1.165) is 5.56 Å². The average molecular weight is 468 g/mol. The summed E-state index contributed by atoms with van der Waals surface area (Å²) in [5, 5.41) is 23.5. The first-order valence-electron chi connectivity index (χ1n) is 9.20. The van der Waals surface area contributed by atoms with Gasteiger partial charge in [-0.2, -0.15) is 5.26 Å². The number of non-ortho nitro benzene ring substituents is 1. The standard InChI is InChI=1S/C23H15Cl2N3O4/c24-18-4-6-19(7-5-18)27-23(29)17(13-26)11-16-3-10-22(21(25)12-16)32-14-15-1-8-20(9-2-15)28(30)31/h1-12H,14H2,(H,27,29)/b17-11+. The molecule has 0 saturated carbocycles. The van der Waals surface area contributed by atoms with E-state index < -0.39 is 10.8 Å². The lowest BCUT2D eigenvalue weighted by Gasteiger charge is -2.09. The SMILES string of the molecule is N#C/C(=C\c1ccc(OCc2ccc([N+](=O)[O-])cc2)c(Cl)c1)C(=O)Nc1ccc(Cl)cc1. The van der Waals surface area contributed by atoms with E-state index in [1.165, 1.54) is 18.2 Å². The number of anilines is 1. The van der Waals surface area contributed by atoms with Crippen LogP contribution in [0.1, 0.15) is 11.1 Å². The topological polar surface area (TPSA) is 105 Å². The van der Waals surface area contributed by atoms with Gasteiger partial charge in [0.1, 0.15) is 24.0 Å². The summed E-state index contributed by atoms with van der Waals surface area (Å²) in [5.41, 5.74) is 1.68. The second-order valence-electron chi connectivity index (χ2n) is 6.53. The van der Waals surface area contributed by atoms with Gasteiger partial charge < -0.3 is 10.1 Å². The summed E-state index contributed by atoms with van der Waals surface area (Å²) in [7, 11) is 0. The van der Waals surface area contributed by atoms with Gasteiger partial charge in [-0.1, -0.05) is 29.3 Å². The van der Waals surface area contributed by atoms with Gasteiger partial charge in [0.15, 0.2) is 0 Å². The Kier molecular flexibility index (Phi) is 7.45. The number of nitro benzene ring substituents is 1. The summed E-state index contributed by atoms with van der Waals surface area (Å²) in [6, 6.07) is 19.2. The van der Waals surface area contributed by atoms with E-state index in [9.17, 15) is 20.2 Å². The number of rotatable bonds is 7. The van der Waals surface area contributed by atoms with Gasteiger partial charge >= 0.3 is 0 Å². The zero-order valence-electron chi connectivity index (χ0n) is 16.4. The highest BCUT2D eigenvalue weighted by Gasteiger charge is 2.11. The van der Waals surface area contributed by atoms with E-state index in [4.69, 9.17) is 27.9 Å². The van der Waals surface area contributed by atoms with Crippen molar-refractivity contribution >= 4 is 46.6 Å². The highest BCUT2D eigenvalue weighted by molar-refractivity contribution is 6.32. The molecule has 0 fully saturated rings. The van der Waals surface area contributed by atoms with E-state index in [1.807, 2.05) is 6.07 Å². The number of benzene rings is 3. The zero-order valence-corrected chi connectivity index (χ0v) is 17.9. The molecule has 3 aromatic carbocycles. The van der Waals surface area contributed by atoms with Crippen LogP contribution >= 0.6 is 23.2 Å². The van der Waals surface area contributed by atoms with Crippen molar-refractivity contribution in [3.63, 3.8) is 0 Å².